The summed E-state index contributed by atoms with van der Waals surface area (Å²) in [5.41, 5.74) is 2.35. The molecular weight excluding hydrogens is 136 g/mol. The van der Waals surface area contributed by atoms with Gasteiger partial charge in [-0.3, -0.25) is 4.79 Å². The summed E-state index contributed by atoms with van der Waals surface area (Å²) < 4.78 is 0. The van der Waals surface area contributed by atoms with Gasteiger partial charge in [0.25, 0.3) is 0 Å². The van der Waals surface area contributed by atoms with Crippen molar-refractivity contribution in [1.82, 2.24) is 0 Å². The average Bonchev–Trinajstić information content (AvgIpc) is 2.05. The van der Waals surface area contributed by atoms with Gasteiger partial charge in [0.1, 0.15) is 6.29 Å². The molecule has 0 unspecified atom stereocenters. The van der Waals surface area contributed by atoms with Gasteiger partial charge in [-0.15, -0.1) is 0 Å². The average molecular weight is 154 g/mol. The standard InChI is InChI=1S/C10H18O/c1-4-7-9(5-2)10(6-3)8-11/h8H,4-7H2,1-3H3. The highest BCUT2D eigenvalue weighted by molar-refractivity contribution is 5.74. The molecule has 0 fully saturated rings. The van der Waals surface area contributed by atoms with E-state index in [0.29, 0.717) is 0 Å². The van der Waals surface area contributed by atoms with Crippen molar-refractivity contribution in [1.29, 1.82) is 0 Å². The maximum atomic E-state index is 10.6. The Bertz CT molecular complexity index is 145. The largest absolute Gasteiger partial charge is 0.298 e. The van der Waals surface area contributed by atoms with Crippen molar-refractivity contribution in [3.05, 3.63) is 11.1 Å². The summed E-state index contributed by atoms with van der Waals surface area (Å²) in [6.07, 6.45) is 5.13. The fourth-order valence-corrected chi connectivity index (χ4v) is 1.28. The molecule has 0 aliphatic carbocycles. The van der Waals surface area contributed by atoms with Gasteiger partial charge in [-0.25, -0.2) is 0 Å². The van der Waals surface area contributed by atoms with Crippen LogP contribution in [0, 0.1) is 0 Å². The first-order chi connectivity index (χ1) is 5.29. The van der Waals surface area contributed by atoms with Crippen LogP contribution in [-0.2, 0) is 4.79 Å². The fourth-order valence-electron chi connectivity index (χ4n) is 1.28. The molecule has 1 nitrogen and oxygen atoms in total. The highest BCUT2D eigenvalue weighted by Gasteiger charge is 2.00. The molecule has 0 aromatic carbocycles. The van der Waals surface area contributed by atoms with E-state index >= 15 is 0 Å². The predicted molar refractivity (Wildman–Crippen MR) is 48.6 cm³/mol. The molecule has 0 radical (unpaired) electrons. The van der Waals surface area contributed by atoms with Crippen molar-refractivity contribution in [2.45, 2.75) is 46.5 Å². The predicted octanol–water partition coefficient (Wildman–Crippen LogP) is 3.10. The molecule has 0 amide bonds. The Kier molecular flexibility index (Phi) is 5.81. The van der Waals surface area contributed by atoms with Crippen LogP contribution < -0.4 is 0 Å². The van der Waals surface area contributed by atoms with E-state index in [1.807, 2.05) is 6.92 Å². The first kappa shape index (κ1) is 10.4. The van der Waals surface area contributed by atoms with E-state index in [2.05, 4.69) is 13.8 Å². The van der Waals surface area contributed by atoms with Crippen LogP contribution in [0.1, 0.15) is 46.5 Å². The molecular formula is C10H18O. The van der Waals surface area contributed by atoms with Crippen molar-refractivity contribution in [2.24, 2.45) is 0 Å². The molecule has 11 heavy (non-hydrogen) atoms. The number of hydrogen-bond donors (Lipinski definition) is 0. The van der Waals surface area contributed by atoms with E-state index in [-0.39, 0.29) is 0 Å². The Balaban J connectivity index is 4.33. The summed E-state index contributed by atoms with van der Waals surface area (Å²) in [6.45, 7) is 6.30. The first-order valence-corrected chi connectivity index (χ1v) is 4.46. The number of allylic oxidation sites excluding steroid dienone is 2. The Morgan fingerprint density at radius 3 is 2.09 bits per heavy atom. The molecule has 1 heteroatoms. The van der Waals surface area contributed by atoms with Crippen LogP contribution in [0.2, 0.25) is 0 Å². The maximum Gasteiger partial charge on any atom is 0.145 e. The number of hydrogen-bond acceptors (Lipinski definition) is 1. The molecule has 64 valence electrons. The highest BCUT2D eigenvalue weighted by atomic mass is 16.1. The Hall–Kier alpha value is -0.590. The van der Waals surface area contributed by atoms with Crippen LogP contribution >= 0.6 is 0 Å². The third-order valence-corrected chi connectivity index (χ3v) is 1.96. The van der Waals surface area contributed by atoms with E-state index < -0.39 is 0 Å². The normalized spacial score (nSPS) is 12.6. The lowest BCUT2D eigenvalue weighted by Gasteiger charge is -2.05. The van der Waals surface area contributed by atoms with Crippen molar-refractivity contribution < 1.29 is 4.79 Å². The lowest BCUT2D eigenvalue weighted by atomic mass is 10.0. The second-order valence-electron chi connectivity index (χ2n) is 2.70. The third kappa shape index (κ3) is 3.35. The van der Waals surface area contributed by atoms with Gasteiger partial charge < -0.3 is 0 Å². The molecule has 0 spiro atoms. The SMILES string of the molecule is CCCC(CC)=C(C=O)CC. The number of aldehydes is 1. The Labute approximate surface area is 69.5 Å². The zero-order chi connectivity index (χ0) is 8.69. The van der Waals surface area contributed by atoms with E-state index in [4.69, 9.17) is 0 Å². The number of carbonyl (C=O) groups is 1. The lowest BCUT2D eigenvalue weighted by molar-refractivity contribution is -0.105. The molecule has 0 aromatic heterocycles. The number of carbonyl (C=O) groups excluding carboxylic acids is 1. The van der Waals surface area contributed by atoms with Crippen molar-refractivity contribution >= 4 is 6.29 Å². The Morgan fingerprint density at radius 1 is 1.18 bits per heavy atom. The van der Waals surface area contributed by atoms with Crippen molar-refractivity contribution in [2.75, 3.05) is 0 Å². The summed E-state index contributed by atoms with van der Waals surface area (Å²) in [5, 5.41) is 0. The molecule has 0 bridgehead atoms. The van der Waals surface area contributed by atoms with Gasteiger partial charge in [0.15, 0.2) is 0 Å². The van der Waals surface area contributed by atoms with Crippen LogP contribution in [0.15, 0.2) is 11.1 Å². The van der Waals surface area contributed by atoms with Crippen LogP contribution in [-0.4, -0.2) is 6.29 Å². The molecule has 0 saturated carbocycles. The summed E-state index contributed by atoms with van der Waals surface area (Å²) in [6, 6.07) is 0. The van der Waals surface area contributed by atoms with Gasteiger partial charge in [0.05, 0.1) is 0 Å². The van der Waals surface area contributed by atoms with E-state index in [1.165, 1.54) is 5.57 Å². The maximum absolute atomic E-state index is 10.6. The molecule has 0 aliphatic heterocycles. The lowest BCUT2D eigenvalue weighted by Crippen LogP contribution is -1.91. The van der Waals surface area contributed by atoms with E-state index in [9.17, 15) is 4.79 Å². The van der Waals surface area contributed by atoms with Gasteiger partial charge in [0.2, 0.25) is 0 Å². The van der Waals surface area contributed by atoms with Gasteiger partial charge in [-0.05, 0) is 24.8 Å². The minimum atomic E-state index is 0.882. The summed E-state index contributed by atoms with van der Waals surface area (Å²) in [5.74, 6) is 0. The second-order valence-corrected chi connectivity index (χ2v) is 2.70. The minimum absolute atomic E-state index is 0.882. The monoisotopic (exact) mass is 154 g/mol. The molecule has 0 saturated heterocycles. The van der Waals surface area contributed by atoms with Crippen LogP contribution in [0.3, 0.4) is 0 Å². The van der Waals surface area contributed by atoms with Gasteiger partial charge in [0, 0.05) is 0 Å². The molecule has 0 N–H and O–H groups in total. The van der Waals surface area contributed by atoms with Gasteiger partial charge in [-0.1, -0.05) is 32.8 Å². The quantitative estimate of drug-likeness (QED) is 0.439. The van der Waals surface area contributed by atoms with E-state index in [1.54, 1.807) is 0 Å². The summed E-state index contributed by atoms with van der Waals surface area (Å²) in [7, 11) is 0. The van der Waals surface area contributed by atoms with Crippen LogP contribution in [0.5, 0.6) is 0 Å². The van der Waals surface area contributed by atoms with Crippen LogP contribution in [0.4, 0.5) is 0 Å². The second kappa shape index (κ2) is 6.14. The first-order valence-electron chi connectivity index (χ1n) is 4.46. The number of rotatable bonds is 5. The molecule has 0 rings (SSSR count). The zero-order valence-corrected chi connectivity index (χ0v) is 7.81. The molecule has 0 atom stereocenters. The third-order valence-electron chi connectivity index (χ3n) is 1.96. The van der Waals surface area contributed by atoms with Crippen molar-refractivity contribution in [3.63, 3.8) is 0 Å². The molecule has 0 aromatic rings. The van der Waals surface area contributed by atoms with Crippen molar-refractivity contribution in [3.8, 4) is 0 Å². The smallest absolute Gasteiger partial charge is 0.145 e. The Morgan fingerprint density at radius 2 is 1.82 bits per heavy atom. The van der Waals surface area contributed by atoms with Gasteiger partial charge in [-0.2, -0.15) is 0 Å². The highest BCUT2D eigenvalue weighted by Crippen LogP contribution is 2.15. The summed E-state index contributed by atoms with van der Waals surface area (Å²) in [4.78, 5) is 10.6. The fraction of sp³-hybridized carbons (Fsp3) is 0.700. The topological polar surface area (TPSA) is 17.1 Å². The minimum Gasteiger partial charge on any atom is -0.298 e. The van der Waals surface area contributed by atoms with Crippen LogP contribution in [0.25, 0.3) is 0 Å². The molecule has 0 aliphatic rings. The molecule has 0 heterocycles. The zero-order valence-electron chi connectivity index (χ0n) is 7.81. The summed E-state index contributed by atoms with van der Waals surface area (Å²) >= 11 is 0. The van der Waals surface area contributed by atoms with E-state index in [0.717, 1.165) is 37.5 Å². The van der Waals surface area contributed by atoms with Gasteiger partial charge >= 0.3 is 0 Å².